The number of hydrogen-bond donors (Lipinski definition) is 3. The molecule has 1 aromatic carbocycles. The van der Waals surface area contributed by atoms with Crippen molar-refractivity contribution < 1.29 is 13.6 Å². The molecule has 0 saturated carbocycles. The average molecular weight is 409 g/mol. The van der Waals surface area contributed by atoms with Crippen molar-refractivity contribution in [2.45, 2.75) is 38.6 Å². The first kappa shape index (κ1) is 20.5. The molecular formula is C20H26F2N4OS. The lowest BCUT2D eigenvalue weighted by Gasteiger charge is -2.17. The van der Waals surface area contributed by atoms with Gasteiger partial charge in [-0.25, -0.2) is 8.78 Å². The van der Waals surface area contributed by atoms with Gasteiger partial charge in [0.05, 0.1) is 12.1 Å². The Hall–Kier alpha value is -2.22. The van der Waals surface area contributed by atoms with Crippen LogP contribution in [0.4, 0.5) is 14.5 Å². The summed E-state index contributed by atoms with van der Waals surface area (Å²) in [5.41, 5.74) is 0.0117. The number of allylic oxidation sites excluding steroid dienone is 2. The number of aromatic nitrogens is 2. The minimum Gasteiger partial charge on any atom is -0.356 e. The fourth-order valence-corrected chi connectivity index (χ4v) is 3.99. The van der Waals surface area contributed by atoms with E-state index in [2.05, 4.69) is 27.3 Å². The summed E-state index contributed by atoms with van der Waals surface area (Å²) in [6.07, 6.45) is 11.9. The third-order valence-corrected chi connectivity index (χ3v) is 5.71. The van der Waals surface area contributed by atoms with Gasteiger partial charge in [0.25, 0.3) is 0 Å². The lowest BCUT2D eigenvalue weighted by Crippen LogP contribution is -2.28. The summed E-state index contributed by atoms with van der Waals surface area (Å²) in [6.45, 7) is 1.21. The van der Waals surface area contributed by atoms with Gasteiger partial charge in [-0.3, -0.25) is 9.48 Å². The van der Waals surface area contributed by atoms with E-state index in [1.165, 1.54) is 30.5 Å². The second-order valence-electron chi connectivity index (χ2n) is 6.94. The number of H-pyrrole nitrogens is 1. The molecule has 0 saturated heterocycles. The van der Waals surface area contributed by atoms with Crippen molar-refractivity contribution in [2.75, 3.05) is 17.0 Å². The summed E-state index contributed by atoms with van der Waals surface area (Å²) in [7, 11) is 0. The predicted octanol–water partition coefficient (Wildman–Crippen LogP) is 4.26. The highest BCUT2D eigenvalue weighted by Gasteiger charge is 2.17. The molecule has 0 radical (unpaired) electrons. The van der Waals surface area contributed by atoms with Crippen molar-refractivity contribution >= 4 is 23.5 Å². The second kappa shape index (κ2) is 10.4. The number of amides is 1. The summed E-state index contributed by atoms with van der Waals surface area (Å²) in [5, 5.41) is 5.67. The molecule has 5 nitrogen and oxygen atoms in total. The van der Waals surface area contributed by atoms with Gasteiger partial charge in [-0.1, -0.05) is 24.1 Å². The second-order valence-corrected chi connectivity index (χ2v) is 7.76. The Balaban J connectivity index is 1.48. The van der Waals surface area contributed by atoms with Gasteiger partial charge in [0.15, 0.2) is 5.82 Å². The Morgan fingerprint density at radius 2 is 2.21 bits per heavy atom. The Kier molecular flexibility index (Phi) is 7.59. The van der Waals surface area contributed by atoms with Crippen LogP contribution in [-0.2, 0) is 17.8 Å². The normalized spacial score (nSPS) is 16.3. The Bertz CT molecular complexity index is 793. The van der Waals surface area contributed by atoms with Crippen LogP contribution in [0, 0.1) is 17.6 Å². The molecule has 1 atom stereocenters. The number of nitrogens with zero attached hydrogens (tertiary/aromatic N) is 1. The molecule has 0 spiro atoms. The van der Waals surface area contributed by atoms with Crippen LogP contribution in [0.15, 0.2) is 36.7 Å². The zero-order valence-electron chi connectivity index (χ0n) is 15.7. The van der Waals surface area contributed by atoms with Gasteiger partial charge in [0.1, 0.15) is 5.82 Å². The van der Waals surface area contributed by atoms with Crippen LogP contribution in [0.3, 0.4) is 0 Å². The molecular weight excluding hydrogens is 382 g/mol. The molecule has 0 bridgehead atoms. The third-order valence-electron chi connectivity index (χ3n) is 4.75. The predicted molar refractivity (Wildman–Crippen MR) is 109 cm³/mol. The Morgan fingerprint density at radius 1 is 1.36 bits per heavy atom. The number of carbonyl (C=O) groups excluding carboxylic acids is 1. The summed E-state index contributed by atoms with van der Waals surface area (Å²) >= 11 is 1.41. The van der Waals surface area contributed by atoms with E-state index in [0.717, 1.165) is 31.6 Å². The topological polar surface area (TPSA) is 61.9 Å². The van der Waals surface area contributed by atoms with E-state index in [1.54, 1.807) is 0 Å². The van der Waals surface area contributed by atoms with Crippen molar-refractivity contribution in [3.63, 3.8) is 0 Å². The number of anilines is 1. The number of aromatic amines is 1. The summed E-state index contributed by atoms with van der Waals surface area (Å²) in [5.74, 6) is -0.487. The standard InChI is InChI=1S/C20H26F2N4OS/c21-17-7-8-18(25-28-14-15-5-2-1-3-6-15)20(22)16(17)13-19(27)23-9-4-11-26-12-10-24-26/h2,5,7-8,10,12,15,24-25H,1,3-4,6,9,11,13-14H2,(H,23,27). The zero-order chi connectivity index (χ0) is 19.8. The lowest BCUT2D eigenvalue weighted by atomic mass is 9.98. The Labute approximate surface area is 168 Å². The van der Waals surface area contributed by atoms with Crippen molar-refractivity contribution in [3.8, 4) is 0 Å². The molecule has 1 aliphatic rings. The monoisotopic (exact) mass is 408 g/mol. The van der Waals surface area contributed by atoms with Crippen LogP contribution >= 0.6 is 11.9 Å². The number of hydrogen-bond acceptors (Lipinski definition) is 3. The minimum absolute atomic E-state index is 0.201. The van der Waals surface area contributed by atoms with E-state index in [9.17, 15) is 13.6 Å². The van der Waals surface area contributed by atoms with E-state index < -0.39 is 11.6 Å². The minimum atomic E-state index is -0.701. The van der Waals surface area contributed by atoms with Crippen LogP contribution in [-0.4, -0.2) is 28.0 Å². The average Bonchev–Trinajstić information content (AvgIpc) is 2.66. The molecule has 1 unspecified atom stereocenters. The van der Waals surface area contributed by atoms with Crippen molar-refractivity contribution in [2.24, 2.45) is 5.92 Å². The SMILES string of the molecule is O=C(Cc1c(F)ccc(NSCC2C=CCCC2)c1F)NCCCn1cc[nH]1. The largest absolute Gasteiger partial charge is 0.356 e. The molecule has 1 amide bonds. The van der Waals surface area contributed by atoms with E-state index in [1.807, 2.05) is 17.1 Å². The molecule has 3 rings (SSSR count). The van der Waals surface area contributed by atoms with Crippen LogP contribution in [0.2, 0.25) is 0 Å². The molecule has 0 aliphatic heterocycles. The van der Waals surface area contributed by atoms with E-state index >= 15 is 0 Å². The molecule has 28 heavy (non-hydrogen) atoms. The third kappa shape index (κ3) is 5.89. The van der Waals surface area contributed by atoms with Crippen molar-refractivity contribution in [1.29, 1.82) is 0 Å². The molecule has 1 aromatic heterocycles. The fourth-order valence-electron chi connectivity index (χ4n) is 3.11. The quantitative estimate of drug-likeness (QED) is 0.313. The van der Waals surface area contributed by atoms with Crippen molar-refractivity contribution in [1.82, 2.24) is 15.1 Å². The molecule has 152 valence electrons. The maximum atomic E-state index is 14.7. The van der Waals surface area contributed by atoms with Crippen LogP contribution < -0.4 is 10.0 Å². The Morgan fingerprint density at radius 3 is 2.93 bits per heavy atom. The number of halogens is 2. The van der Waals surface area contributed by atoms with E-state index in [4.69, 9.17) is 0 Å². The highest BCUT2D eigenvalue weighted by atomic mass is 32.2. The van der Waals surface area contributed by atoms with Crippen LogP contribution in [0.1, 0.15) is 31.2 Å². The van der Waals surface area contributed by atoms with Crippen molar-refractivity contribution in [3.05, 3.63) is 53.9 Å². The van der Waals surface area contributed by atoms with E-state index in [-0.39, 0.29) is 23.6 Å². The van der Waals surface area contributed by atoms with Gasteiger partial charge in [0, 0.05) is 36.8 Å². The molecule has 2 aromatic rings. The van der Waals surface area contributed by atoms with Gasteiger partial charge in [0.2, 0.25) is 5.91 Å². The molecule has 1 aliphatic carbocycles. The van der Waals surface area contributed by atoms with Crippen LogP contribution in [0.25, 0.3) is 0 Å². The smallest absolute Gasteiger partial charge is 0.224 e. The molecule has 8 heteroatoms. The van der Waals surface area contributed by atoms with Gasteiger partial charge >= 0.3 is 0 Å². The summed E-state index contributed by atoms with van der Waals surface area (Å²) < 4.78 is 33.6. The summed E-state index contributed by atoms with van der Waals surface area (Å²) in [4.78, 5) is 12.1. The van der Waals surface area contributed by atoms with Gasteiger partial charge < -0.3 is 15.1 Å². The first-order valence-corrected chi connectivity index (χ1v) is 10.6. The first-order chi connectivity index (χ1) is 13.6. The van der Waals surface area contributed by atoms with E-state index in [0.29, 0.717) is 12.5 Å². The number of nitrogens with one attached hydrogen (secondary N) is 3. The number of rotatable bonds is 10. The first-order valence-electron chi connectivity index (χ1n) is 9.61. The summed E-state index contributed by atoms with van der Waals surface area (Å²) in [6, 6.07) is 2.58. The maximum Gasteiger partial charge on any atom is 0.224 e. The highest BCUT2D eigenvalue weighted by Crippen LogP contribution is 2.26. The fraction of sp³-hybridized carbons (Fsp3) is 0.450. The van der Waals surface area contributed by atoms with Crippen LogP contribution in [0.5, 0.6) is 0 Å². The zero-order valence-corrected chi connectivity index (χ0v) is 16.5. The van der Waals surface area contributed by atoms with Gasteiger partial charge in [-0.15, -0.1) is 0 Å². The number of carbonyl (C=O) groups is 1. The van der Waals surface area contributed by atoms with Gasteiger partial charge in [-0.05, 0) is 43.7 Å². The highest BCUT2D eigenvalue weighted by molar-refractivity contribution is 8.00. The molecule has 3 N–H and O–H groups in total. The van der Waals surface area contributed by atoms with Gasteiger partial charge in [-0.2, -0.15) is 0 Å². The number of aryl methyl sites for hydroxylation is 1. The molecule has 1 heterocycles. The molecule has 0 fully saturated rings. The lowest BCUT2D eigenvalue weighted by molar-refractivity contribution is -0.120. The number of benzene rings is 1. The maximum absolute atomic E-state index is 14.7.